The molecule has 0 fully saturated rings. The zero-order valence-corrected chi connectivity index (χ0v) is 10.8. The first-order valence-electron chi connectivity index (χ1n) is 4.96. The first kappa shape index (κ1) is 14.2. The van der Waals surface area contributed by atoms with Gasteiger partial charge in [-0.05, 0) is 22.9 Å². The SMILES string of the molecule is O=S(=O)(OSc1ccc2ccccc2c1)C(F)(F)F. The van der Waals surface area contributed by atoms with Crippen LogP contribution in [0.1, 0.15) is 0 Å². The Morgan fingerprint density at radius 1 is 1.00 bits per heavy atom. The molecule has 0 aliphatic carbocycles. The summed E-state index contributed by atoms with van der Waals surface area (Å²) < 4.78 is 61.5. The standard InChI is InChI=1S/C11H7F3O3S2/c12-11(13,14)19(15,16)17-18-10-6-5-8-3-1-2-4-9(8)7-10/h1-7H. The minimum absolute atomic E-state index is 0.161. The van der Waals surface area contributed by atoms with Crippen molar-refractivity contribution in [1.82, 2.24) is 0 Å². The van der Waals surface area contributed by atoms with Crippen LogP contribution in [0.2, 0.25) is 0 Å². The molecule has 0 amide bonds. The van der Waals surface area contributed by atoms with Crippen molar-refractivity contribution in [2.45, 2.75) is 10.4 Å². The van der Waals surface area contributed by atoms with Crippen LogP contribution in [0.3, 0.4) is 0 Å². The van der Waals surface area contributed by atoms with E-state index >= 15 is 0 Å². The maximum Gasteiger partial charge on any atom is 0.524 e. The van der Waals surface area contributed by atoms with Crippen LogP contribution in [-0.2, 0) is 13.7 Å². The average Bonchev–Trinajstić information content (AvgIpc) is 2.35. The molecule has 2 aromatic carbocycles. The summed E-state index contributed by atoms with van der Waals surface area (Å²) in [7, 11) is -5.59. The fraction of sp³-hybridized carbons (Fsp3) is 0.0909. The molecule has 0 aromatic heterocycles. The lowest BCUT2D eigenvalue weighted by Gasteiger charge is -2.07. The normalized spacial score (nSPS) is 12.8. The molecule has 0 aliphatic rings. The highest BCUT2D eigenvalue weighted by atomic mass is 32.3. The van der Waals surface area contributed by atoms with E-state index in [0.29, 0.717) is 0 Å². The molecular formula is C11H7F3O3S2. The van der Waals surface area contributed by atoms with E-state index < -0.39 is 15.6 Å². The summed E-state index contributed by atoms with van der Waals surface area (Å²) >= 11 is 0.161. The Morgan fingerprint density at radius 2 is 1.63 bits per heavy atom. The first-order valence-corrected chi connectivity index (χ1v) is 7.11. The number of alkyl halides is 3. The van der Waals surface area contributed by atoms with Gasteiger partial charge < -0.3 is 0 Å². The van der Waals surface area contributed by atoms with Crippen LogP contribution in [0.25, 0.3) is 10.8 Å². The highest BCUT2D eigenvalue weighted by molar-refractivity contribution is 8.04. The second kappa shape index (κ2) is 5.03. The quantitative estimate of drug-likeness (QED) is 0.640. The van der Waals surface area contributed by atoms with Gasteiger partial charge in [-0.15, -0.1) is 0 Å². The molecule has 0 unspecified atom stereocenters. The molecule has 102 valence electrons. The summed E-state index contributed by atoms with van der Waals surface area (Å²) in [5.74, 6) is 0. The lowest BCUT2D eigenvalue weighted by molar-refractivity contribution is -0.0494. The van der Waals surface area contributed by atoms with Gasteiger partial charge in [0.2, 0.25) is 0 Å². The van der Waals surface area contributed by atoms with Crippen LogP contribution in [0.5, 0.6) is 0 Å². The summed E-state index contributed by atoms with van der Waals surface area (Å²) in [4.78, 5) is 0.270. The second-order valence-electron chi connectivity index (χ2n) is 3.56. The van der Waals surface area contributed by atoms with Crippen LogP contribution in [0, 0.1) is 0 Å². The van der Waals surface area contributed by atoms with E-state index in [1.165, 1.54) is 6.07 Å². The maximum atomic E-state index is 12.1. The van der Waals surface area contributed by atoms with Crippen LogP contribution in [-0.4, -0.2) is 13.9 Å². The number of rotatable bonds is 3. The molecular weight excluding hydrogens is 301 g/mol. The largest absolute Gasteiger partial charge is 0.524 e. The minimum atomic E-state index is -5.59. The number of halogens is 3. The van der Waals surface area contributed by atoms with Gasteiger partial charge in [-0.3, -0.25) is 0 Å². The Labute approximate surface area is 111 Å². The second-order valence-corrected chi connectivity index (χ2v) is 6.11. The van der Waals surface area contributed by atoms with Gasteiger partial charge in [-0.25, -0.2) is 0 Å². The summed E-state index contributed by atoms with van der Waals surface area (Å²) in [6, 6.07) is 11.9. The highest BCUT2D eigenvalue weighted by Crippen LogP contribution is 2.32. The van der Waals surface area contributed by atoms with Crippen molar-refractivity contribution < 1.29 is 25.2 Å². The van der Waals surface area contributed by atoms with Gasteiger partial charge in [-0.1, -0.05) is 30.3 Å². The molecule has 19 heavy (non-hydrogen) atoms. The molecule has 8 heteroatoms. The molecule has 0 N–H and O–H groups in total. The zero-order valence-electron chi connectivity index (χ0n) is 9.22. The van der Waals surface area contributed by atoms with Gasteiger partial charge in [0.15, 0.2) is 0 Å². The predicted molar refractivity (Wildman–Crippen MR) is 65.9 cm³/mol. The number of hydrogen-bond acceptors (Lipinski definition) is 4. The van der Waals surface area contributed by atoms with Gasteiger partial charge in [0.25, 0.3) is 0 Å². The van der Waals surface area contributed by atoms with E-state index in [4.69, 9.17) is 0 Å². The molecule has 0 radical (unpaired) electrons. The Bertz CT molecular complexity index is 696. The topological polar surface area (TPSA) is 43.4 Å². The first-order chi connectivity index (χ1) is 8.79. The summed E-state index contributed by atoms with van der Waals surface area (Å²) in [5.41, 5.74) is -5.42. The summed E-state index contributed by atoms with van der Waals surface area (Å²) in [5, 5.41) is 1.67. The average molecular weight is 308 g/mol. The summed E-state index contributed by atoms with van der Waals surface area (Å²) in [6.45, 7) is 0. The molecule has 0 aliphatic heterocycles. The molecule has 0 atom stereocenters. The Kier molecular flexibility index (Phi) is 3.75. The van der Waals surface area contributed by atoms with Crippen LogP contribution >= 0.6 is 12.0 Å². The Hall–Kier alpha value is -1.25. The molecule has 2 rings (SSSR count). The monoisotopic (exact) mass is 308 g/mol. The molecule has 3 nitrogen and oxygen atoms in total. The third-order valence-electron chi connectivity index (χ3n) is 2.22. The van der Waals surface area contributed by atoms with Crippen molar-refractivity contribution in [3.63, 3.8) is 0 Å². The number of fused-ring (bicyclic) bond motifs is 1. The van der Waals surface area contributed by atoms with E-state index in [1.54, 1.807) is 24.3 Å². The smallest absolute Gasteiger partial charge is 0.189 e. The zero-order chi connectivity index (χ0) is 14.1. The fourth-order valence-corrected chi connectivity index (χ4v) is 2.62. The van der Waals surface area contributed by atoms with Crippen molar-refractivity contribution >= 4 is 32.9 Å². The molecule has 0 spiro atoms. The van der Waals surface area contributed by atoms with Gasteiger partial charge in [-0.2, -0.15) is 25.2 Å². The fourth-order valence-electron chi connectivity index (χ4n) is 1.34. The Balaban J connectivity index is 2.19. The molecule has 2 aromatic rings. The number of benzene rings is 2. The van der Waals surface area contributed by atoms with Crippen molar-refractivity contribution in [1.29, 1.82) is 0 Å². The van der Waals surface area contributed by atoms with E-state index in [1.807, 2.05) is 12.1 Å². The summed E-state index contributed by atoms with van der Waals surface area (Å²) in [6.07, 6.45) is 0. The van der Waals surface area contributed by atoms with Gasteiger partial charge >= 0.3 is 15.6 Å². The van der Waals surface area contributed by atoms with E-state index in [2.05, 4.69) is 3.63 Å². The molecule has 0 saturated heterocycles. The van der Waals surface area contributed by atoms with Crippen molar-refractivity contribution in [2.24, 2.45) is 0 Å². The van der Waals surface area contributed by atoms with E-state index in [9.17, 15) is 21.6 Å². The van der Waals surface area contributed by atoms with Gasteiger partial charge in [0.1, 0.15) is 0 Å². The highest BCUT2D eigenvalue weighted by Gasteiger charge is 2.47. The lowest BCUT2D eigenvalue weighted by atomic mass is 10.1. The van der Waals surface area contributed by atoms with Crippen LogP contribution in [0.15, 0.2) is 47.4 Å². The number of hydrogen-bond donors (Lipinski definition) is 0. The van der Waals surface area contributed by atoms with Crippen molar-refractivity contribution in [2.75, 3.05) is 0 Å². The van der Waals surface area contributed by atoms with E-state index in [-0.39, 0.29) is 16.9 Å². The third kappa shape index (κ3) is 3.20. The van der Waals surface area contributed by atoms with Crippen molar-refractivity contribution in [3.8, 4) is 0 Å². The minimum Gasteiger partial charge on any atom is -0.189 e. The Morgan fingerprint density at radius 3 is 2.26 bits per heavy atom. The molecule has 0 heterocycles. The van der Waals surface area contributed by atoms with Gasteiger partial charge in [0.05, 0.1) is 0 Å². The maximum absolute atomic E-state index is 12.1. The molecule has 0 saturated carbocycles. The lowest BCUT2D eigenvalue weighted by Crippen LogP contribution is -2.23. The molecule has 0 bridgehead atoms. The predicted octanol–water partition coefficient (Wildman–Crippen LogP) is 3.71. The van der Waals surface area contributed by atoms with Crippen LogP contribution in [0.4, 0.5) is 13.2 Å². The van der Waals surface area contributed by atoms with Crippen molar-refractivity contribution in [3.05, 3.63) is 42.5 Å². The van der Waals surface area contributed by atoms with Gasteiger partial charge in [0, 0.05) is 16.9 Å². The van der Waals surface area contributed by atoms with E-state index in [0.717, 1.165) is 10.8 Å². The third-order valence-corrected chi connectivity index (χ3v) is 4.23. The van der Waals surface area contributed by atoms with Crippen LogP contribution < -0.4 is 0 Å².